The summed E-state index contributed by atoms with van der Waals surface area (Å²) < 4.78 is 15.0. The summed E-state index contributed by atoms with van der Waals surface area (Å²) in [5, 5.41) is 14.0. The Bertz CT molecular complexity index is 1270. The molecule has 0 bridgehead atoms. The van der Waals surface area contributed by atoms with Gasteiger partial charge < -0.3 is 0 Å². The zero-order chi connectivity index (χ0) is 23.2. The predicted octanol–water partition coefficient (Wildman–Crippen LogP) is 5.36. The van der Waals surface area contributed by atoms with Crippen molar-refractivity contribution in [3.05, 3.63) is 95.3 Å². The molecule has 0 atom stereocenters. The lowest BCUT2D eigenvalue weighted by atomic mass is 10.1. The first-order valence-electron chi connectivity index (χ1n) is 10.00. The number of rotatable bonds is 7. The molecular weight excluding hydrogens is 461 g/mol. The average Bonchev–Trinajstić information content (AvgIpc) is 3.26. The minimum absolute atomic E-state index is 0.0891. The molecule has 0 spiro atoms. The van der Waals surface area contributed by atoms with Crippen LogP contribution in [0.15, 0.2) is 89.1 Å². The first-order chi connectivity index (χ1) is 16.0. The van der Waals surface area contributed by atoms with Gasteiger partial charge in [-0.25, -0.2) is 9.82 Å². The van der Waals surface area contributed by atoms with E-state index in [1.54, 1.807) is 31.2 Å². The number of benzene rings is 3. The Balaban J connectivity index is 1.51. The highest BCUT2D eigenvalue weighted by Gasteiger charge is 2.17. The number of nitrogens with one attached hydrogen (secondary N) is 1. The number of thioether (sulfide) groups is 1. The Hall–Kier alpha value is -3.49. The third kappa shape index (κ3) is 5.66. The average molecular weight is 480 g/mol. The van der Waals surface area contributed by atoms with Crippen molar-refractivity contribution in [2.24, 2.45) is 5.10 Å². The van der Waals surface area contributed by atoms with Crippen LogP contribution >= 0.6 is 23.4 Å². The number of hydrogen-bond donors (Lipinski definition) is 1. The fourth-order valence-electron chi connectivity index (χ4n) is 3.02. The van der Waals surface area contributed by atoms with Crippen LogP contribution < -0.4 is 5.43 Å². The molecular formula is C24H19ClFN5OS. The van der Waals surface area contributed by atoms with E-state index >= 15 is 0 Å². The lowest BCUT2D eigenvalue weighted by Crippen LogP contribution is -2.21. The molecule has 0 aliphatic heterocycles. The van der Waals surface area contributed by atoms with Crippen LogP contribution in [0.4, 0.5) is 4.39 Å². The van der Waals surface area contributed by atoms with E-state index in [0.717, 1.165) is 16.8 Å². The van der Waals surface area contributed by atoms with Gasteiger partial charge in [-0.2, -0.15) is 5.10 Å². The molecule has 0 saturated heterocycles. The quantitative estimate of drug-likeness (QED) is 0.220. The van der Waals surface area contributed by atoms with Gasteiger partial charge in [0.15, 0.2) is 11.0 Å². The largest absolute Gasteiger partial charge is 0.272 e. The monoisotopic (exact) mass is 479 g/mol. The molecule has 3 aromatic carbocycles. The maximum absolute atomic E-state index is 13.1. The Morgan fingerprint density at radius 2 is 1.73 bits per heavy atom. The lowest BCUT2D eigenvalue weighted by Gasteiger charge is -2.10. The van der Waals surface area contributed by atoms with Gasteiger partial charge in [0.1, 0.15) is 5.82 Å². The van der Waals surface area contributed by atoms with Crippen molar-refractivity contribution >= 4 is 35.0 Å². The van der Waals surface area contributed by atoms with E-state index in [9.17, 15) is 9.18 Å². The topological polar surface area (TPSA) is 72.2 Å². The van der Waals surface area contributed by atoms with Crippen LogP contribution in [0, 0.1) is 5.82 Å². The normalized spacial score (nSPS) is 11.4. The predicted molar refractivity (Wildman–Crippen MR) is 129 cm³/mol. The van der Waals surface area contributed by atoms with Gasteiger partial charge in [-0.05, 0) is 61.0 Å². The number of para-hydroxylation sites is 1. The second-order valence-corrected chi connectivity index (χ2v) is 8.39. The van der Waals surface area contributed by atoms with Crippen LogP contribution in [0.25, 0.3) is 17.1 Å². The van der Waals surface area contributed by atoms with Crippen molar-refractivity contribution in [3.63, 3.8) is 0 Å². The van der Waals surface area contributed by atoms with Crippen LogP contribution in [0.3, 0.4) is 0 Å². The second kappa shape index (κ2) is 10.4. The van der Waals surface area contributed by atoms with Gasteiger partial charge in [-0.1, -0.05) is 53.7 Å². The number of nitrogens with zero attached hydrogens (tertiary/aromatic N) is 4. The lowest BCUT2D eigenvalue weighted by molar-refractivity contribution is -0.118. The summed E-state index contributed by atoms with van der Waals surface area (Å²) in [6, 6.07) is 22.9. The molecule has 166 valence electrons. The minimum atomic E-state index is -0.326. The van der Waals surface area contributed by atoms with Crippen molar-refractivity contribution in [1.82, 2.24) is 20.2 Å². The van der Waals surface area contributed by atoms with Gasteiger partial charge in [0.05, 0.1) is 11.5 Å². The summed E-state index contributed by atoms with van der Waals surface area (Å²) in [5.41, 5.74) is 5.56. The number of halogens is 2. The number of carbonyl (C=O) groups excluding carboxylic acids is 1. The first-order valence-corrected chi connectivity index (χ1v) is 11.4. The van der Waals surface area contributed by atoms with Gasteiger partial charge in [0.2, 0.25) is 0 Å². The molecule has 4 aromatic rings. The molecule has 0 fully saturated rings. The number of carbonyl (C=O) groups is 1. The van der Waals surface area contributed by atoms with Crippen molar-refractivity contribution in [3.8, 4) is 17.1 Å². The van der Waals surface area contributed by atoms with E-state index in [2.05, 4.69) is 20.7 Å². The van der Waals surface area contributed by atoms with Crippen molar-refractivity contribution in [1.29, 1.82) is 0 Å². The molecule has 1 N–H and O–H groups in total. The summed E-state index contributed by atoms with van der Waals surface area (Å²) in [6.45, 7) is 1.74. The molecule has 0 unspecified atom stereocenters. The standard InChI is InChI=1S/C24H19ClFN5OS/c1-16(17-9-13-20(26)14-10-17)27-28-22(32)15-33-24-30-29-23(18-7-11-19(25)12-8-18)31(24)21-5-3-2-4-6-21/h2-14H,15H2,1H3,(H,28,32)/b27-16-. The summed E-state index contributed by atoms with van der Waals surface area (Å²) in [5.74, 6) is 0.113. The summed E-state index contributed by atoms with van der Waals surface area (Å²) in [7, 11) is 0. The Morgan fingerprint density at radius 3 is 2.42 bits per heavy atom. The number of hydrazone groups is 1. The van der Waals surface area contributed by atoms with E-state index in [1.165, 1.54) is 23.9 Å². The van der Waals surface area contributed by atoms with E-state index in [0.29, 0.717) is 21.7 Å². The number of amides is 1. The zero-order valence-electron chi connectivity index (χ0n) is 17.6. The van der Waals surface area contributed by atoms with Crippen molar-refractivity contribution < 1.29 is 9.18 Å². The summed E-state index contributed by atoms with van der Waals surface area (Å²) >= 11 is 7.28. The molecule has 1 heterocycles. The van der Waals surface area contributed by atoms with Crippen LogP contribution in [-0.4, -0.2) is 32.1 Å². The van der Waals surface area contributed by atoms with Crippen LogP contribution in [-0.2, 0) is 4.79 Å². The van der Waals surface area contributed by atoms with Crippen LogP contribution in [0.5, 0.6) is 0 Å². The summed E-state index contributed by atoms with van der Waals surface area (Å²) in [4.78, 5) is 12.4. The molecule has 1 aromatic heterocycles. The maximum atomic E-state index is 13.1. The van der Waals surface area contributed by atoms with Gasteiger partial charge >= 0.3 is 0 Å². The zero-order valence-corrected chi connectivity index (χ0v) is 19.1. The first kappa shape index (κ1) is 22.7. The minimum Gasteiger partial charge on any atom is -0.272 e. The van der Waals surface area contributed by atoms with Crippen molar-refractivity contribution in [2.45, 2.75) is 12.1 Å². The number of aromatic nitrogens is 3. The van der Waals surface area contributed by atoms with E-state index in [-0.39, 0.29) is 17.5 Å². The molecule has 6 nitrogen and oxygen atoms in total. The Morgan fingerprint density at radius 1 is 1.03 bits per heavy atom. The van der Waals surface area contributed by atoms with Gasteiger partial charge in [0.25, 0.3) is 5.91 Å². The molecule has 33 heavy (non-hydrogen) atoms. The SMILES string of the molecule is C/C(=N/NC(=O)CSc1nnc(-c2ccc(Cl)cc2)n1-c1ccccc1)c1ccc(F)cc1. The summed E-state index contributed by atoms with van der Waals surface area (Å²) in [6.07, 6.45) is 0. The third-order valence-corrected chi connectivity index (χ3v) is 5.87. The maximum Gasteiger partial charge on any atom is 0.250 e. The molecule has 9 heteroatoms. The highest BCUT2D eigenvalue weighted by atomic mass is 35.5. The molecule has 0 aliphatic carbocycles. The Kier molecular flexibility index (Phi) is 7.16. The third-order valence-electron chi connectivity index (χ3n) is 4.69. The molecule has 0 aliphatic rings. The van der Waals surface area contributed by atoms with Gasteiger partial charge in [-0.3, -0.25) is 9.36 Å². The fraction of sp³-hybridized carbons (Fsp3) is 0.0833. The van der Waals surface area contributed by atoms with Crippen LogP contribution in [0.1, 0.15) is 12.5 Å². The van der Waals surface area contributed by atoms with E-state index in [1.807, 2.05) is 47.0 Å². The molecule has 1 amide bonds. The van der Waals surface area contributed by atoms with E-state index < -0.39 is 0 Å². The van der Waals surface area contributed by atoms with Gasteiger partial charge in [-0.15, -0.1) is 10.2 Å². The smallest absolute Gasteiger partial charge is 0.250 e. The van der Waals surface area contributed by atoms with Crippen molar-refractivity contribution in [2.75, 3.05) is 5.75 Å². The Labute approximate surface area is 199 Å². The second-order valence-electron chi connectivity index (χ2n) is 7.01. The molecule has 4 rings (SSSR count). The molecule has 0 saturated carbocycles. The van der Waals surface area contributed by atoms with Crippen LogP contribution in [0.2, 0.25) is 5.02 Å². The number of hydrogen-bond acceptors (Lipinski definition) is 5. The van der Waals surface area contributed by atoms with Gasteiger partial charge in [0, 0.05) is 16.3 Å². The van der Waals surface area contributed by atoms with E-state index in [4.69, 9.17) is 11.6 Å². The highest BCUT2D eigenvalue weighted by Crippen LogP contribution is 2.28. The highest BCUT2D eigenvalue weighted by molar-refractivity contribution is 7.99. The fourth-order valence-corrected chi connectivity index (χ4v) is 3.89. The molecule has 0 radical (unpaired) electrons.